The smallest absolute Gasteiger partial charge is 0.265 e. The highest BCUT2D eigenvalue weighted by molar-refractivity contribution is 7.14. The van der Waals surface area contributed by atoms with Gasteiger partial charge >= 0.3 is 0 Å². The second kappa shape index (κ2) is 5.48. The van der Waals surface area contributed by atoms with Crippen LogP contribution in [0.3, 0.4) is 0 Å². The van der Waals surface area contributed by atoms with Gasteiger partial charge in [0.1, 0.15) is 6.07 Å². The first kappa shape index (κ1) is 12.3. The Kier molecular flexibility index (Phi) is 3.75. The van der Waals surface area contributed by atoms with Crippen LogP contribution in [0.2, 0.25) is 0 Å². The van der Waals surface area contributed by atoms with Gasteiger partial charge in [-0.25, -0.2) is 0 Å². The third-order valence-corrected chi connectivity index (χ3v) is 3.76. The van der Waals surface area contributed by atoms with Crippen LogP contribution in [0.15, 0.2) is 36.4 Å². The van der Waals surface area contributed by atoms with Crippen molar-refractivity contribution in [3.05, 3.63) is 51.7 Å². The van der Waals surface area contributed by atoms with Gasteiger partial charge in [-0.15, -0.1) is 11.3 Å². The van der Waals surface area contributed by atoms with Gasteiger partial charge in [0, 0.05) is 4.88 Å². The van der Waals surface area contributed by atoms with Gasteiger partial charge in [-0.05, 0) is 30.7 Å². The molecule has 0 aliphatic carbocycles. The van der Waals surface area contributed by atoms with Crippen molar-refractivity contribution in [1.82, 2.24) is 0 Å². The molecule has 0 radical (unpaired) electrons. The lowest BCUT2D eigenvalue weighted by molar-refractivity contribution is 0.103. The molecule has 1 N–H and O–H groups in total. The fraction of sp³-hybridized carbons (Fsp3) is 0.143. The van der Waals surface area contributed by atoms with Crippen molar-refractivity contribution >= 4 is 22.9 Å². The van der Waals surface area contributed by atoms with Gasteiger partial charge in [-0.1, -0.05) is 19.1 Å². The summed E-state index contributed by atoms with van der Waals surface area (Å²) >= 11 is 1.48. The number of anilines is 1. The Morgan fingerprint density at radius 1 is 1.33 bits per heavy atom. The molecule has 0 aliphatic heterocycles. The van der Waals surface area contributed by atoms with Crippen LogP contribution in [0.5, 0.6) is 0 Å². The lowest BCUT2D eigenvalue weighted by Gasteiger charge is -2.04. The summed E-state index contributed by atoms with van der Waals surface area (Å²) in [6.45, 7) is 2.05. The van der Waals surface area contributed by atoms with E-state index in [1.165, 1.54) is 16.2 Å². The van der Waals surface area contributed by atoms with Crippen LogP contribution in [0.4, 0.5) is 5.69 Å². The third kappa shape index (κ3) is 2.58. The zero-order valence-corrected chi connectivity index (χ0v) is 10.8. The van der Waals surface area contributed by atoms with Crippen molar-refractivity contribution < 1.29 is 4.79 Å². The summed E-state index contributed by atoms with van der Waals surface area (Å²) < 4.78 is 0. The second-order valence-electron chi connectivity index (χ2n) is 3.73. The van der Waals surface area contributed by atoms with Crippen LogP contribution in [0.25, 0.3) is 0 Å². The number of hydrogen-bond donors (Lipinski definition) is 1. The van der Waals surface area contributed by atoms with Crippen LogP contribution >= 0.6 is 11.3 Å². The largest absolute Gasteiger partial charge is 0.320 e. The molecule has 0 unspecified atom stereocenters. The fourth-order valence-corrected chi connectivity index (χ4v) is 2.41. The number of para-hydroxylation sites is 1. The van der Waals surface area contributed by atoms with E-state index in [1.54, 1.807) is 24.3 Å². The topological polar surface area (TPSA) is 52.9 Å². The minimum Gasteiger partial charge on any atom is -0.320 e. The average molecular weight is 256 g/mol. The highest BCUT2D eigenvalue weighted by atomic mass is 32.1. The molecule has 0 saturated carbocycles. The Hall–Kier alpha value is -2.12. The maximum absolute atomic E-state index is 12.0. The second-order valence-corrected chi connectivity index (χ2v) is 4.90. The lowest BCUT2D eigenvalue weighted by atomic mass is 10.2. The zero-order valence-electron chi connectivity index (χ0n) is 9.93. The number of nitrogens with one attached hydrogen (secondary N) is 1. The number of carbonyl (C=O) groups excluding carboxylic acids is 1. The van der Waals surface area contributed by atoms with Crippen LogP contribution in [-0.2, 0) is 6.42 Å². The van der Waals surface area contributed by atoms with Crippen molar-refractivity contribution in [2.45, 2.75) is 13.3 Å². The summed E-state index contributed by atoms with van der Waals surface area (Å²) in [5.74, 6) is -0.164. The van der Waals surface area contributed by atoms with E-state index >= 15 is 0 Å². The quantitative estimate of drug-likeness (QED) is 0.914. The van der Waals surface area contributed by atoms with Crippen LogP contribution in [-0.4, -0.2) is 5.91 Å². The average Bonchev–Trinajstić information content (AvgIpc) is 2.88. The lowest BCUT2D eigenvalue weighted by Crippen LogP contribution is -2.11. The molecule has 4 heteroatoms. The molecule has 90 valence electrons. The van der Waals surface area contributed by atoms with Gasteiger partial charge < -0.3 is 5.32 Å². The summed E-state index contributed by atoms with van der Waals surface area (Å²) in [7, 11) is 0. The standard InChI is InChI=1S/C14H12N2OS/c1-2-11-7-8-13(18-11)14(17)16-12-6-4-3-5-10(12)9-15/h3-8H,2H2,1H3,(H,16,17). The van der Waals surface area contributed by atoms with Gasteiger partial charge in [-0.3, -0.25) is 4.79 Å². The monoisotopic (exact) mass is 256 g/mol. The maximum atomic E-state index is 12.0. The Morgan fingerprint density at radius 3 is 2.78 bits per heavy atom. The number of carbonyl (C=O) groups is 1. The SMILES string of the molecule is CCc1ccc(C(=O)Nc2ccccc2C#N)s1. The summed E-state index contributed by atoms with van der Waals surface area (Å²) in [4.78, 5) is 13.8. The van der Waals surface area contributed by atoms with E-state index in [-0.39, 0.29) is 5.91 Å². The van der Waals surface area contributed by atoms with Crippen molar-refractivity contribution in [1.29, 1.82) is 5.26 Å². The minimum atomic E-state index is -0.164. The minimum absolute atomic E-state index is 0.164. The first-order chi connectivity index (χ1) is 8.74. The van der Waals surface area contributed by atoms with E-state index in [0.717, 1.165) is 6.42 Å². The third-order valence-electron chi connectivity index (χ3n) is 2.53. The van der Waals surface area contributed by atoms with Gasteiger partial charge in [-0.2, -0.15) is 5.26 Å². The highest BCUT2D eigenvalue weighted by Gasteiger charge is 2.10. The number of nitrogens with zero attached hydrogens (tertiary/aromatic N) is 1. The number of nitriles is 1. The summed E-state index contributed by atoms with van der Waals surface area (Å²) in [5, 5.41) is 11.7. The number of rotatable bonds is 3. The first-order valence-corrected chi connectivity index (χ1v) is 6.45. The first-order valence-electron chi connectivity index (χ1n) is 5.63. The van der Waals surface area contributed by atoms with E-state index in [2.05, 4.69) is 18.3 Å². The summed E-state index contributed by atoms with van der Waals surface area (Å²) in [5.41, 5.74) is 1.02. The molecule has 0 fully saturated rings. The maximum Gasteiger partial charge on any atom is 0.265 e. The number of hydrogen-bond acceptors (Lipinski definition) is 3. The molecule has 1 aromatic heterocycles. The molecule has 2 rings (SSSR count). The van der Waals surface area contributed by atoms with E-state index in [4.69, 9.17) is 5.26 Å². The molecular formula is C14H12N2OS. The molecule has 18 heavy (non-hydrogen) atoms. The molecular weight excluding hydrogens is 244 g/mol. The normalized spacial score (nSPS) is 9.78. The number of aryl methyl sites for hydroxylation is 1. The van der Waals surface area contributed by atoms with Crippen LogP contribution in [0.1, 0.15) is 27.0 Å². The van der Waals surface area contributed by atoms with E-state index in [1.807, 2.05) is 12.1 Å². The molecule has 0 atom stereocenters. The Morgan fingerprint density at radius 2 is 2.11 bits per heavy atom. The van der Waals surface area contributed by atoms with Gasteiger partial charge in [0.15, 0.2) is 0 Å². The van der Waals surface area contributed by atoms with E-state index in [9.17, 15) is 4.79 Å². The van der Waals surface area contributed by atoms with Crippen molar-refractivity contribution in [2.24, 2.45) is 0 Å². The molecule has 0 bridgehead atoms. The van der Waals surface area contributed by atoms with E-state index in [0.29, 0.717) is 16.1 Å². The summed E-state index contributed by atoms with van der Waals surface area (Å²) in [6.07, 6.45) is 0.923. The van der Waals surface area contributed by atoms with Gasteiger partial charge in [0.25, 0.3) is 5.91 Å². The molecule has 2 aromatic rings. The number of thiophene rings is 1. The highest BCUT2D eigenvalue weighted by Crippen LogP contribution is 2.20. The van der Waals surface area contributed by atoms with Crippen LogP contribution in [0, 0.1) is 11.3 Å². The van der Waals surface area contributed by atoms with Crippen molar-refractivity contribution in [3.8, 4) is 6.07 Å². The Balaban J connectivity index is 2.19. The predicted molar refractivity (Wildman–Crippen MR) is 72.8 cm³/mol. The fourth-order valence-electron chi connectivity index (χ4n) is 1.56. The van der Waals surface area contributed by atoms with Gasteiger partial charge in [0.2, 0.25) is 0 Å². The molecule has 0 saturated heterocycles. The van der Waals surface area contributed by atoms with Gasteiger partial charge in [0.05, 0.1) is 16.1 Å². The molecule has 0 aliphatic rings. The molecule has 1 heterocycles. The van der Waals surface area contributed by atoms with Crippen molar-refractivity contribution in [2.75, 3.05) is 5.32 Å². The number of benzene rings is 1. The summed E-state index contributed by atoms with van der Waals surface area (Å²) in [6, 6.07) is 12.8. The molecule has 0 spiro atoms. The number of amides is 1. The van der Waals surface area contributed by atoms with Crippen LogP contribution < -0.4 is 5.32 Å². The molecule has 3 nitrogen and oxygen atoms in total. The van der Waals surface area contributed by atoms with Crippen molar-refractivity contribution in [3.63, 3.8) is 0 Å². The Bertz CT molecular complexity index is 610. The molecule has 1 aromatic carbocycles. The van der Waals surface area contributed by atoms with E-state index < -0.39 is 0 Å². The molecule has 1 amide bonds. The zero-order chi connectivity index (χ0) is 13.0. The predicted octanol–water partition coefficient (Wildman–Crippen LogP) is 3.43. The Labute approximate surface area is 110 Å².